The maximum absolute atomic E-state index is 12.6. The number of benzene rings is 1. The van der Waals surface area contributed by atoms with E-state index < -0.39 is 4.92 Å². The molecule has 0 bridgehead atoms. The monoisotopic (exact) mass is 306 g/mol. The molecule has 1 N–H and O–H groups in total. The molecule has 22 heavy (non-hydrogen) atoms. The smallest absolute Gasteiger partial charge is 0.270 e. The largest absolute Gasteiger partial charge is 0.396 e. The summed E-state index contributed by atoms with van der Waals surface area (Å²) in [5, 5.41) is 20.1. The van der Waals surface area contributed by atoms with Gasteiger partial charge in [0.25, 0.3) is 11.6 Å². The second-order valence-corrected chi connectivity index (χ2v) is 6.03. The van der Waals surface area contributed by atoms with E-state index in [2.05, 4.69) is 0 Å². The molecule has 1 aromatic carbocycles. The summed E-state index contributed by atoms with van der Waals surface area (Å²) in [5.41, 5.74) is 1.07. The zero-order chi connectivity index (χ0) is 16.3. The van der Waals surface area contributed by atoms with Gasteiger partial charge in [0.2, 0.25) is 0 Å². The Labute approximate surface area is 129 Å². The lowest BCUT2D eigenvalue weighted by Crippen LogP contribution is -2.40. The molecular weight excluding hydrogens is 284 g/mol. The third-order valence-corrected chi connectivity index (χ3v) is 4.60. The highest BCUT2D eigenvalue weighted by molar-refractivity contribution is 5.96. The van der Waals surface area contributed by atoms with Gasteiger partial charge in [0.1, 0.15) is 0 Å². The van der Waals surface area contributed by atoms with Crippen LogP contribution in [0.4, 0.5) is 5.69 Å². The van der Waals surface area contributed by atoms with Crippen LogP contribution < -0.4 is 0 Å². The molecule has 2 rings (SSSR count). The number of nitro groups is 1. The fourth-order valence-corrected chi connectivity index (χ4v) is 3.02. The summed E-state index contributed by atoms with van der Waals surface area (Å²) < 4.78 is 0. The lowest BCUT2D eigenvalue weighted by Gasteiger charge is -2.34. The normalized spacial score (nSPS) is 21.4. The van der Waals surface area contributed by atoms with Crippen molar-refractivity contribution < 1.29 is 14.8 Å². The quantitative estimate of drug-likeness (QED) is 0.684. The number of hydrogen-bond acceptors (Lipinski definition) is 4. The highest BCUT2D eigenvalue weighted by Gasteiger charge is 2.28. The van der Waals surface area contributed by atoms with Gasteiger partial charge in [-0.25, -0.2) is 0 Å². The molecule has 0 heterocycles. The molecule has 120 valence electrons. The number of hydrogen-bond donors (Lipinski definition) is 1. The summed E-state index contributed by atoms with van der Waals surface area (Å²) in [7, 11) is 1.75. The molecule has 0 saturated heterocycles. The van der Waals surface area contributed by atoms with Crippen molar-refractivity contribution in [1.29, 1.82) is 0 Å². The lowest BCUT2D eigenvalue weighted by molar-refractivity contribution is -0.384. The predicted molar refractivity (Wildman–Crippen MR) is 82.8 cm³/mol. The van der Waals surface area contributed by atoms with E-state index >= 15 is 0 Å². The minimum Gasteiger partial charge on any atom is -0.396 e. The van der Waals surface area contributed by atoms with Crippen LogP contribution in [0.15, 0.2) is 18.2 Å². The van der Waals surface area contributed by atoms with E-state index in [0.29, 0.717) is 11.5 Å². The Morgan fingerprint density at radius 1 is 1.36 bits per heavy atom. The summed E-state index contributed by atoms with van der Waals surface area (Å²) in [5.74, 6) is 0.160. The number of amides is 1. The Morgan fingerprint density at radius 2 is 2.00 bits per heavy atom. The summed E-state index contributed by atoms with van der Waals surface area (Å²) in [6.45, 7) is 1.99. The van der Waals surface area contributed by atoms with E-state index in [9.17, 15) is 20.0 Å². The second-order valence-electron chi connectivity index (χ2n) is 6.03. The van der Waals surface area contributed by atoms with Crippen molar-refractivity contribution >= 4 is 11.6 Å². The summed E-state index contributed by atoms with van der Waals surface area (Å²) in [6.07, 6.45) is 3.54. The van der Waals surface area contributed by atoms with Crippen LogP contribution in [0.5, 0.6) is 0 Å². The molecule has 6 heteroatoms. The summed E-state index contributed by atoms with van der Waals surface area (Å²) >= 11 is 0. The van der Waals surface area contributed by atoms with Crippen LogP contribution in [0, 0.1) is 23.0 Å². The van der Waals surface area contributed by atoms with Crippen molar-refractivity contribution in [3.05, 3.63) is 39.4 Å². The van der Waals surface area contributed by atoms with Crippen LogP contribution in [0.3, 0.4) is 0 Å². The molecule has 0 aliphatic heterocycles. The number of nitrogens with zero attached hydrogens (tertiary/aromatic N) is 2. The molecule has 1 aliphatic rings. The molecule has 0 spiro atoms. The first kappa shape index (κ1) is 16.4. The van der Waals surface area contributed by atoms with Crippen LogP contribution in [-0.4, -0.2) is 40.5 Å². The first-order chi connectivity index (χ1) is 10.4. The Bertz CT molecular complexity index is 565. The maximum Gasteiger partial charge on any atom is 0.270 e. The standard InChI is InChI=1S/C16H22N2O4/c1-11-3-6-14(18(21)22)9-15(11)16(20)17(2)13-7-4-12(10-19)5-8-13/h3,6,9,12-13,19H,4-5,7-8,10H2,1-2H3. The van der Waals surface area contributed by atoms with Gasteiger partial charge < -0.3 is 10.0 Å². The van der Waals surface area contributed by atoms with Crippen LogP contribution in [0.1, 0.15) is 41.6 Å². The highest BCUT2D eigenvalue weighted by Crippen LogP contribution is 2.28. The topological polar surface area (TPSA) is 83.7 Å². The third-order valence-electron chi connectivity index (χ3n) is 4.60. The van der Waals surface area contributed by atoms with E-state index in [4.69, 9.17) is 0 Å². The average Bonchev–Trinajstić information content (AvgIpc) is 2.53. The van der Waals surface area contributed by atoms with Gasteiger partial charge in [-0.3, -0.25) is 14.9 Å². The van der Waals surface area contributed by atoms with Crippen molar-refractivity contribution in [1.82, 2.24) is 4.90 Å². The first-order valence-corrected chi connectivity index (χ1v) is 7.57. The van der Waals surface area contributed by atoms with E-state index in [1.165, 1.54) is 12.1 Å². The highest BCUT2D eigenvalue weighted by atomic mass is 16.6. The van der Waals surface area contributed by atoms with Gasteiger partial charge in [-0.2, -0.15) is 0 Å². The first-order valence-electron chi connectivity index (χ1n) is 7.57. The molecule has 1 aromatic rings. The Hall–Kier alpha value is -1.95. The van der Waals surface area contributed by atoms with Crippen LogP contribution in [-0.2, 0) is 0 Å². The molecule has 0 unspecified atom stereocenters. The maximum atomic E-state index is 12.6. The molecule has 6 nitrogen and oxygen atoms in total. The molecule has 0 atom stereocenters. The van der Waals surface area contributed by atoms with Gasteiger partial charge in [0, 0.05) is 37.4 Å². The van der Waals surface area contributed by atoms with Crippen molar-refractivity contribution in [2.75, 3.05) is 13.7 Å². The van der Waals surface area contributed by atoms with E-state index in [-0.39, 0.29) is 24.2 Å². The van der Waals surface area contributed by atoms with Gasteiger partial charge in [-0.1, -0.05) is 6.07 Å². The number of aliphatic hydroxyl groups excluding tert-OH is 1. The molecule has 1 fully saturated rings. The minimum absolute atomic E-state index is 0.0636. The number of non-ortho nitro benzene ring substituents is 1. The van der Waals surface area contributed by atoms with Crippen LogP contribution >= 0.6 is 0 Å². The van der Waals surface area contributed by atoms with Crippen LogP contribution in [0.2, 0.25) is 0 Å². The molecule has 1 amide bonds. The number of rotatable bonds is 4. The molecule has 1 saturated carbocycles. The molecule has 1 aliphatic carbocycles. The van der Waals surface area contributed by atoms with Crippen molar-refractivity contribution in [3.63, 3.8) is 0 Å². The van der Waals surface area contributed by atoms with E-state index in [1.54, 1.807) is 24.9 Å². The fraction of sp³-hybridized carbons (Fsp3) is 0.562. The minimum atomic E-state index is -0.483. The Kier molecular flexibility index (Phi) is 5.13. The Morgan fingerprint density at radius 3 is 2.55 bits per heavy atom. The SMILES string of the molecule is Cc1ccc([N+](=O)[O-])cc1C(=O)N(C)C1CCC(CO)CC1. The number of carbonyl (C=O) groups is 1. The van der Waals surface area contributed by atoms with Gasteiger partial charge in [-0.05, 0) is 44.1 Å². The lowest BCUT2D eigenvalue weighted by atomic mass is 9.85. The van der Waals surface area contributed by atoms with E-state index in [1.807, 2.05) is 0 Å². The molecule has 0 aromatic heterocycles. The number of aliphatic hydroxyl groups is 1. The van der Waals surface area contributed by atoms with Crippen molar-refractivity contribution in [2.45, 2.75) is 38.6 Å². The summed E-state index contributed by atoms with van der Waals surface area (Å²) in [6, 6.07) is 4.52. The van der Waals surface area contributed by atoms with Gasteiger partial charge >= 0.3 is 0 Å². The van der Waals surface area contributed by atoms with E-state index in [0.717, 1.165) is 31.2 Å². The van der Waals surface area contributed by atoms with Crippen LogP contribution in [0.25, 0.3) is 0 Å². The number of aryl methyl sites for hydroxylation is 1. The Balaban J connectivity index is 2.14. The summed E-state index contributed by atoms with van der Waals surface area (Å²) in [4.78, 5) is 24.7. The zero-order valence-corrected chi connectivity index (χ0v) is 13.0. The average molecular weight is 306 g/mol. The van der Waals surface area contributed by atoms with Gasteiger partial charge in [0.15, 0.2) is 0 Å². The number of carbonyl (C=O) groups excluding carboxylic acids is 1. The second kappa shape index (κ2) is 6.87. The zero-order valence-electron chi connectivity index (χ0n) is 13.0. The third kappa shape index (κ3) is 3.44. The number of nitro benzene ring substituents is 1. The fourth-order valence-electron chi connectivity index (χ4n) is 3.02. The van der Waals surface area contributed by atoms with Crippen molar-refractivity contribution in [2.24, 2.45) is 5.92 Å². The van der Waals surface area contributed by atoms with Gasteiger partial charge in [0.05, 0.1) is 4.92 Å². The predicted octanol–water partition coefficient (Wildman–Crippen LogP) is 2.53. The van der Waals surface area contributed by atoms with Gasteiger partial charge in [-0.15, -0.1) is 0 Å². The molecule has 0 radical (unpaired) electrons. The molecular formula is C16H22N2O4. The van der Waals surface area contributed by atoms with Crippen molar-refractivity contribution in [3.8, 4) is 0 Å².